The summed E-state index contributed by atoms with van der Waals surface area (Å²) in [6.07, 6.45) is -0.795. The van der Waals surface area contributed by atoms with E-state index in [2.05, 4.69) is 15.9 Å². The lowest BCUT2D eigenvalue weighted by atomic mass is 9.97. The van der Waals surface area contributed by atoms with E-state index in [0.29, 0.717) is 17.1 Å². The van der Waals surface area contributed by atoms with E-state index in [-0.39, 0.29) is 0 Å². The topological polar surface area (TPSA) is 51.8 Å². The van der Waals surface area contributed by atoms with Crippen LogP contribution in [0.1, 0.15) is 34.3 Å². The Morgan fingerprint density at radius 1 is 1.05 bits per heavy atom. The summed E-state index contributed by atoms with van der Waals surface area (Å²) in [4.78, 5) is 0. The van der Waals surface area contributed by atoms with E-state index < -0.39 is 6.10 Å². The van der Waals surface area contributed by atoms with Gasteiger partial charge in [0.05, 0.1) is 14.2 Å². The van der Waals surface area contributed by atoms with Gasteiger partial charge < -0.3 is 19.0 Å². The van der Waals surface area contributed by atoms with Crippen LogP contribution in [-0.4, -0.2) is 19.3 Å². The maximum Gasteiger partial charge on any atom is 0.161 e. The second-order valence-corrected chi connectivity index (χ2v) is 5.74. The van der Waals surface area contributed by atoms with E-state index >= 15 is 0 Å². The average molecular weight is 355 g/mol. The molecule has 1 heterocycles. The molecule has 4 nitrogen and oxygen atoms in total. The second-order valence-electron chi connectivity index (χ2n) is 4.88. The molecule has 0 bridgehead atoms. The molecular weight excluding hydrogens is 336 g/mol. The number of aliphatic hydroxyl groups is 1. The minimum Gasteiger partial charge on any atom is -0.493 e. The highest BCUT2D eigenvalue weighted by Gasteiger charge is 2.24. The zero-order valence-corrected chi connectivity index (χ0v) is 14.4. The Hall–Kier alpha value is -1.46. The molecule has 0 amide bonds. The zero-order valence-electron chi connectivity index (χ0n) is 12.8. The molecule has 1 atom stereocenters. The van der Waals surface area contributed by atoms with Crippen molar-refractivity contribution < 1.29 is 19.0 Å². The predicted molar refractivity (Wildman–Crippen MR) is 84.2 cm³/mol. The SMILES string of the molecule is COc1cc(Br)c(C(O)c2c(C)oc(C)c2C)cc1OC. The van der Waals surface area contributed by atoms with Crippen LogP contribution in [0.15, 0.2) is 21.0 Å². The number of furan rings is 1. The van der Waals surface area contributed by atoms with Gasteiger partial charge in [-0.3, -0.25) is 0 Å². The molecule has 0 fully saturated rings. The summed E-state index contributed by atoms with van der Waals surface area (Å²) in [6, 6.07) is 3.56. The van der Waals surface area contributed by atoms with Crippen molar-refractivity contribution in [1.29, 1.82) is 0 Å². The Morgan fingerprint density at radius 2 is 1.62 bits per heavy atom. The second kappa shape index (κ2) is 6.12. The fourth-order valence-corrected chi connectivity index (χ4v) is 2.99. The van der Waals surface area contributed by atoms with Gasteiger partial charge in [-0.15, -0.1) is 0 Å². The lowest BCUT2D eigenvalue weighted by Crippen LogP contribution is -2.04. The normalized spacial score (nSPS) is 12.3. The van der Waals surface area contributed by atoms with Crippen LogP contribution in [0.3, 0.4) is 0 Å². The molecule has 1 N–H and O–H groups in total. The van der Waals surface area contributed by atoms with Crippen LogP contribution >= 0.6 is 15.9 Å². The smallest absolute Gasteiger partial charge is 0.161 e. The molecule has 114 valence electrons. The third kappa shape index (κ3) is 2.80. The minimum atomic E-state index is -0.795. The number of halogens is 1. The van der Waals surface area contributed by atoms with Gasteiger partial charge in [0.1, 0.15) is 17.6 Å². The van der Waals surface area contributed by atoms with Crippen molar-refractivity contribution >= 4 is 15.9 Å². The van der Waals surface area contributed by atoms with Crippen molar-refractivity contribution in [2.24, 2.45) is 0 Å². The molecular formula is C16H19BrO4. The summed E-state index contributed by atoms with van der Waals surface area (Å²) in [5.41, 5.74) is 2.46. The van der Waals surface area contributed by atoms with Gasteiger partial charge in [0, 0.05) is 15.6 Å². The van der Waals surface area contributed by atoms with Gasteiger partial charge >= 0.3 is 0 Å². The first-order valence-electron chi connectivity index (χ1n) is 6.56. The first-order valence-corrected chi connectivity index (χ1v) is 7.36. The van der Waals surface area contributed by atoms with Gasteiger partial charge in [-0.25, -0.2) is 0 Å². The Labute approximate surface area is 132 Å². The standard InChI is InChI=1S/C16H19BrO4/c1-8-9(2)21-10(3)15(8)16(18)11-6-13(19-4)14(20-5)7-12(11)17/h6-7,16,18H,1-5H3. The monoisotopic (exact) mass is 354 g/mol. The highest BCUT2D eigenvalue weighted by atomic mass is 79.9. The van der Waals surface area contributed by atoms with Gasteiger partial charge in [-0.05, 0) is 38.5 Å². The van der Waals surface area contributed by atoms with Crippen LogP contribution in [0.25, 0.3) is 0 Å². The number of aliphatic hydroxyl groups excluding tert-OH is 1. The molecule has 0 aliphatic heterocycles. The van der Waals surface area contributed by atoms with E-state index in [4.69, 9.17) is 13.9 Å². The quantitative estimate of drug-likeness (QED) is 0.899. The van der Waals surface area contributed by atoms with Crippen molar-refractivity contribution in [3.05, 3.63) is 44.8 Å². The maximum atomic E-state index is 10.7. The Kier molecular flexibility index (Phi) is 4.64. The van der Waals surface area contributed by atoms with E-state index in [1.54, 1.807) is 26.4 Å². The zero-order chi connectivity index (χ0) is 15.7. The van der Waals surface area contributed by atoms with Crippen LogP contribution in [-0.2, 0) is 0 Å². The Morgan fingerprint density at radius 3 is 2.10 bits per heavy atom. The summed E-state index contributed by atoms with van der Waals surface area (Å²) < 4.78 is 16.9. The van der Waals surface area contributed by atoms with Crippen LogP contribution < -0.4 is 9.47 Å². The fraction of sp³-hybridized carbons (Fsp3) is 0.375. The van der Waals surface area contributed by atoms with Crippen molar-refractivity contribution in [2.75, 3.05) is 14.2 Å². The number of hydrogen-bond donors (Lipinski definition) is 1. The van der Waals surface area contributed by atoms with Crippen molar-refractivity contribution in [3.8, 4) is 11.5 Å². The molecule has 0 radical (unpaired) electrons. The summed E-state index contributed by atoms with van der Waals surface area (Å²) in [6.45, 7) is 5.69. The summed E-state index contributed by atoms with van der Waals surface area (Å²) in [5.74, 6) is 2.72. The summed E-state index contributed by atoms with van der Waals surface area (Å²) >= 11 is 3.48. The van der Waals surface area contributed by atoms with Gasteiger partial charge in [-0.1, -0.05) is 15.9 Å². The summed E-state index contributed by atoms with van der Waals surface area (Å²) in [5, 5.41) is 10.7. The molecule has 2 aromatic rings. The van der Waals surface area contributed by atoms with Crippen LogP contribution in [0.4, 0.5) is 0 Å². The van der Waals surface area contributed by atoms with Crippen LogP contribution in [0, 0.1) is 20.8 Å². The third-order valence-electron chi connectivity index (χ3n) is 3.69. The number of aryl methyl sites for hydroxylation is 2. The molecule has 0 aliphatic rings. The maximum absolute atomic E-state index is 10.7. The molecule has 1 aromatic heterocycles. The first-order chi connectivity index (χ1) is 9.90. The van der Waals surface area contributed by atoms with Crippen LogP contribution in [0.2, 0.25) is 0 Å². The average Bonchev–Trinajstić information content (AvgIpc) is 2.71. The molecule has 21 heavy (non-hydrogen) atoms. The van der Waals surface area contributed by atoms with Crippen molar-refractivity contribution in [2.45, 2.75) is 26.9 Å². The van der Waals surface area contributed by atoms with Gasteiger partial charge in [0.2, 0.25) is 0 Å². The van der Waals surface area contributed by atoms with E-state index in [9.17, 15) is 5.11 Å². The predicted octanol–water partition coefficient (Wildman–Crippen LogP) is 4.07. The Bertz CT molecular complexity index is 661. The molecule has 1 aromatic carbocycles. The number of methoxy groups -OCH3 is 2. The van der Waals surface area contributed by atoms with E-state index in [0.717, 1.165) is 27.1 Å². The Balaban J connectivity index is 2.55. The van der Waals surface area contributed by atoms with Crippen molar-refractivity contribution in [3.63, 3.8) is 0 Å². The van der Waals surface area contributed by atoms with Gasteiger partial charge in [-0.2, -0.15) is 0 Å². The minimum absolute atomic E-state index is 0.574. The largest absolute Gasteiger partial charge is 0.493 e. The van der Waals surface area contributed by atoms with E-state index in [1.165, 1.54) is 0 Å². The molecule has 0 saturated heterocycles. The fourth-order valence-electron chi connectivity index (χ4n) is 2.45. The number of ether oxygens (including phenoxy) is 2. The van der Waals surface area contributed by atoms with Crippen LogP contribution in [0.5, 0.6) is 11.5 Å². The van der Waals surface area contributed by atoms with Gasteiger partial charge in [0.15, 0.2) is 11.5 Å². The molecule has 0 aliphatic carbocycles. The molecule has 1 unspecified atom stereocenters. The summed E-state index contributed by atoms with van der Waals surface area (Å²) in [7, 11) is 3.15. The first kappa shape index (κ1) is 15.9. The van der Waals surface area contributed by atoms with Gasteiger partial charge in [0.25, 0.3) is 0 Å². The molecule has 0 saturated carbocycles. The third-order valence-corrected chi connectivity index (χ3v) is 4.38. The highest BCUT2D eigenvalue weighted by molar-refractivity contribution is 9.10. The van der Waals surface area contributed by atoms with E-state index in [1.807, 2.05) is 20.8 Å². The number of benzene rings is 1. The lowest BCUT2D eigenvalue weighted by Gasteiger charge is -2.17. The van der Waals surface area contributed by atoms with Crippen molar-refractivity contribution in [1.82, 2.24) is 0 Å². The number of rotatable bonds is 4. The highest BCUT2D eigenvalue weighted by Crippen LogP contribution is 2.40. The molecule has 0 spiro atoms. The lowest BCUT2D eigenvalue weighted by molar-refractivity contribution is 0.215. The number of hydrogen-bond acceptors (Lipinski definition) is 4. The molecule has 2 rings (SSSR count). The molecule has 5 heteroatoms.